The molecular weight excluding hydrogens is 193 g/mol. The highest BCUT2D eigenvalue weighted by molar-refractivity contribution is 7.46. The smallest absolute Gasteiger partial charge is 0.310 e. The summed E-state index contributed by atoms with van der Waals surface area (Å²) in [6.07, 6.45) is 3.39. The fourth-order valence-electron chi connectivity index (χ4n) is 0.828. The molecule has 72 valence electrons. The molecule has 0 aliphatic heterocycles. The summed E-state index contributed by atoms with van der Waals surface area (Å²) >= 11 is 0. The van der Waals surface area contributed by atoms with Crippen molar-refractivity contribution >= 4 is 7.82 Å². The van der Waals surface area contributed by atoms with Crippen LogP contribution in [0.5, 0.6) is 0 Å². The Balaban J connectivity index is 2.70. The van der Waals surface area contributed by atoms with Crippen LogP contribution in [0.25, 0.3) is 0 Å². The molecule has 0 unspecified atom stereocenters. The third kappa shape index (κ3) is 3.57. The van der Waals surface area contributed by atoms with E-state index in [1.54, 1.807) is 30.6 Å². The van der Waals surface area contributed by atoms with Crippen molar-refractivity contribution in [2.24, 2.45) is 0 Å². The maximum absolute atomic E-state index is 10.5. The number of hydrogen-bond donors (Lipinski definition) is 2. The molecule has 0 fully saturated rings. The first-order valence-corrected chi connectivity index (χ1v) is 5.07. The highest BCUT2D eigenvalue weighted by Crippen LogP contribution is 2.38. The van der Waals surface area contributed by atoms with E-state index in [0.29, 0.717) is 0 Å². The van der Waals surface area contributed by atoms with Crippen molar-refractivity contribution in [2.45, 2.75) is 6.92 Å². The Hall–Kier alpha value is -0.870. The van der Waals surface area contributed by atoms with Gasteiger partial charge in [-0.25, -0.2) is 4.57 Å². The Bertz CT molecular complexity index is 310. The Morgan fingerprint density at radius 2 is 1.85 bits per heavy atom. The Kier molecular flexibility index (Phi) is 3.06. The summed E-state index contributed by atoms with van der Waals surface area (Å²) in [5, 5.41) is 0. The summed E-state index contributed by atoms with van der Waals surface area (Å²) < 4.78 is 16.3. The van der Waals surface area contributed by atoms with E-state index in [1.165, 1.54) is 11.5 Å². The van der Waals surface area contributed by atoms with Gasteiger partial charge in [0.1, 0.15) is 0 Å². The van der Waals surface area contributed by atoms with Gasteiger partial charge in [0.15, 0.2) is 6.23 Å². The molecule has 0 aromatic carbocycles. The van der Waals surface area contributed by atoms with Gasteiger partial charge in [-0.1, -0.05) is 18.2 Å². The molecule has 0 radical (unpaired) electrons. The van der Waals surface area contributed by atoms with Crippen LogP contribution in [-0.4, -0.2) is 9.79 Å². The van der Waals surface area contributed by atoms with Gasteiger partial charge in [-0.3, -0.25) is 4.52 Å². The van der Waals surface area contributed by atoms with Crippen LogP contribution in [0.2, 0.25) is 0 Å². The van der Waals surface area contributed by atoms with Gasteiger partial charge in [-0.15, -0.1) is 0 Å². The molecule has 6 heteroatoms. The van der Waals surface area contributed by atoms with Crippen molar-refractivity contribution in [3.63, 3.8) is 0 Å². The van der Waals surface area contributed by atoms with Crippen molar-refractivity contribution in [1.29, 1.82) is 0 Å². The summed E-state index contributed by atoms with van der Waals surface area (Å²) in [5.74, 6) is 0. The molecule has 0 saturated heterocycles. The van der Waals surface area contributed by atoms with Crippen molar-refractivity contribution in [3.05, 3.63) is 36.8 Å². The van der Waals surface area contributed by atoms with Crippen molar-refractivity contribution in [3.8, 4) is 0 Å². The SMILES string of the molecule is C[C-](OP(=O)(O)O)[n+]1ccccc1. The zero-order valence-corrected chi connectivity index (χ0v) is 7.89. The number of nitrogens with zero attached hydrogens (tertiary/aromatic N) is 1. The van der Waals surface area contributed by atoms with Crippen molar-refractivity contribution < 1.29 is 23.4 Å². The molecule has 0 aliphatic carbocycles. The first-order chi connectivity index (χ1) is 5.99. The number of phosphoric acid groups is 1. The Morgan fingerprint density at radius 1 is 1.31 bits per heavy atom. The topological polar surface area (TPSA) is 70.6 Å². The van der Waals surface area contributed by atoms with Crippen LogP contribution in [0.1, 0.15) is 6.92 Å². The second-order valence-corrected chi connectivity index (χ2v) is 3.55. The van der Waals surface area contributed by atoms with Gasteiger partial charge in [0, 0.05) is 0 Å². The van der Waals surface area contributed by atoms with Crippen LogP contribution in [0, 0.1) is 6.23 Å². The fourth-order valence-corrected chi connectivity index (χ4v) is 1.27. The number of pyridine rings is 1. The molecule has 1 aromatic rings. The zero-order valence-electron chi connectivity index (χ0n) is 6.99. The summed E-state index contributed by atoms with van der Waals surface area (Å²) in [5.41, 5.74) is 0. The monoisotopic (exact) mass is 203 g/mol. The van der Waals surface area contributed by atoms with Crippen molar-refractivity contribution in [1.82, 2.24) is 0 Å². The highest BCUT2D eigenvalue weighted by Gasteiger charge is 2.19. The molecule has 5 nitrogen and oxygen atoms in total. The van der Waals surface area contributed by atoms with Gasteiger partial charge in [0.2, 0.25) is 0 Å². The lowest BCUT2D eigenvalue weighted by atomic mass is 10.5. The number of rotatable bonds is 3. The standard InChI is InChI=1S/C7H10NO4P/c1-7(12-13(9,10)11)8-5-3-2-4-6-8/h2-6H,1H3,(H2,9,10,11). The van der Waals surface area contributed by atoms with Gasteiger partial charge in [-0.05, 0) is 6.92 Å². The minimum atomic E-state index is -4.45. The number of phosphoric ester groups is 1. The van der Waals surface area contributed by atoms with Gasteiger partial charge >= 0.3 is 7.82 Å². The van der Waals surface area contributed by atoms with Crippen LogP contribution < -0.4 is 4.57 Å². The normalized spacial score (nSPS) is 11.3. The van der Waals surface area contributed by atoms with E-state index >= 15 is 0 Å². The zero-order chi connectivity index (χ0) is 9.90. The largest absolute Gasteiger partial charge is 0.466 e. The lowest BCUT2D eigenvalue weighted by molar-refractivity contribution is -0.681. The van der Waals surface area contributed by atoms with E-state index in [-0.39, 0.29) is 6.23 Å². The first kappa shape index (κ1) is 10.2. The minimum Gasteiger partial charge on any atom is -0.310 e. The maximum atomic E-state index is 10.5. The lowest BCUT2D eigenvalue weighted by Gasteiger charge is -2.14. The second-order valence-electron chi connectivity index (χ2n) is 2.38. The van der Waals surface area contributed by atoms with Crippen LogP contribution in [-0.2, 0) is 9.09 Å². The third-order valence-electron chi connectivity index (χ3n) is 1.33. The second kappa shape index (κ2) is 3.89. The summed E-state index contributed by atoms with van der Waals surface area (Å²) in [4.78, 5) is 17.0. The van der Waals surface area contributed by atoms with Crippen molar-refractivity contribution in [2.75, 3.05) is 0 Å². The van der Waals surface area contributed by atoms with E-state index in [9.17, 15) is 4.57 Å². The predicted octanol–water partition coefficient (Wildman–Crippen LogP) is 0.441. The lowest BCUT2D eigenvalue weighted by Crippen LogP contribution is -2.38. The predicted molar refractivity (Wildman–Crippen MR) is 44.1 cm³/mol. The van der Waals surface area contributed by atoms with E-state index in [2.05, 4.69) is 4.52 Å². The molecule has 13 heavy (non-hydrogen) atoms. The molecule has 0 saturated carbocycles. The maximum Gasteiger partial charge on any atom is 0.466 e. The molecule has 0 atom stereocenters. The molecule has 1 heterocycles. The van der Waals surface area contributed by atoms with Gasteiger partial charge in [-0.2, -0.15) is 0 Å². The van der Waals surface area contributed by atoms with E-state index in [1.807, 2.05) is 0 Å². The minimum absolute atomic E-state index is 0.133. The molecule has 0 spiro atoms. The average molecular weight is 203 g/mol. The Morgan fingerprint density at radius 3 is 2.31 bits per heavy atom. The van der Waals surface area contributed by atoms with Crippen LogP contribution in [0.4, 0.5) is 0 Å². The number of hydrogen-bond acceptors (Lipinski definition) is 2. The van der Waals surface area contributed by atoms with Crippen LogP contribution >= 0.6 is 7.82 Å². The fraction of sp³-hybridized carbons (Fsp3) is 0.143. The summed E-state index contributed by atoms with van der Waals surface area (Å²) in [6.45, 7) is 1.47. The molecular formula is C7H10NO4P. The molecule has 0 aliphatic rings. The molecule has 2 N–H and O–H groups in total. The van der Waals surface area contributed by atoms with Gasteiger partial charge in [0.05, 0.1) is 12.4 Å². The van der Waals surface area contributed by atoms with E-state index in [0.717, 1.165) is 0 Å². The highest BCUT2D eigenvalue weighted by atomic mass is 31.2. The third-order valence-corrected chi connectivity index (χ3v) is 1.83. The van der Waals surface area contributed by atoms with Crippen LogP contribution in [0.15, 0.2) is 30.6 Å². The first-order valence-electron chi connectivity index (χ1n) is 3.54. The Labute approximate surface area is 75.8 Å². The summed E-state index contributed by atoms with van der Waals surface area (Å²) in [7, 11) is -4.45. The van der Waals surface area contributed by atoms with E-state index in [4.69, 9.17) is 9.79 Å². The van der Waals surface area contributed by atoms with Gasteiger partial charge < -0.3 is 14.4 Å². The van der Waals surface area contributed by atoms with Gasteiger partial charge in [0.25, 0.3) is 0 Å². The molecule has 0 amide bonds. The van der Waals surface area contributed by atoms with Crippen LogP contribution in [0.3, 0.4) is 0 Å². The van der Waals surface area contributed by atoms with E-state index < -0.39 is 7.82 Å². The molecule has 0 bridgehead atoms. The average Bonchev–Trinajstić information content (AvgIpc) is 2.03. The quantitative estimate of drug-likeness (QED) is 0.425. The molecule has 1 aromatic heterocycles. The number of aromatic nitrogens is 1. The molecule has 1 rings (SSSR count). The summed E-state index contributed by atoms with van der Waals surface area (Å²) in [6, 6.07) is 5.25.